The Kier molecular flexibility index (Phi) is 3.66. The molecule has 116 valence electrons. The van der Waals surface area contributed by atoms with E-state index in [1.807, 2.05) is 25.7 Å². The van der Waals surface area contributed by atoms with Crippen molar-refractivity contribution in [2.24, 2.45) is 0 Å². The highest BCUT2D eigenvalue weighted by molar-refractivity contribution is 5.95. The summed E-state index contributed by atoms with van der Waals surface area (Å²) in [6, 6.07) is -0.165. The number of H-pyrrole nitrogens is 1. The average Bonchev–Trinajstić information content (AvgIpc) is 2.65. The molecule has 0 bridgehead atoms. The molecule has 1 fully saturated rings. The molecule has 0 aliphatic carbocycles. The third-order valence-electron chi connectivity index (χ3n) is 4.23. The predicted octanol–water partition coefficient (Wildman–Crippen LogP) is 1.18. The maximum atomic E-state index is 12.0. The third kappa shape index (κ3) is 2.37. The molecule has 7 nitrogen and oxygen atoms in total. The molecule has 0 aromatic carbocycles. The maximum Gasteiger partial charge on any atom is 0.347 e. The Bertz CT molecular complexity index is 798. The molecule has 1 aliphatic heterocycles. The van der Waals surface area contributed by atoms with Crippen molar-refractivity contribution in [2.45, 2.75) is 26.8 Å². The van der Waals surface area contributed by atoms with Gasteiger partial charge in [-0.15, -0.1) is 0 Å². The molecular weight excluding hydrogens is 282 g/mol. The summed E-state index contributed by atoms with van der Waals surface area (Å²) in [6.45, 7) is 7.17. The standard InChI is InChI=1S/C15H19N5O2/c1-8-9(2)17-6-11-13(8)18-15(21)19-14(11)20-4-5-22-7-12(16)10(20)3/h6,10,16H,4-5,7H2,1-3H3,(H,18,19,21). The van der Waals surface area contributed by atoms with Crippen LogP contribution in [0.4, 0.5) is 5.82 Å². The lowest BCUT2D eigenvalue weighted by molar-refractivity contribution is 0.184. The second-order valence-corrected chi connectivity index (χ2v) is 5.57. The van der Waals surface area contributed by atoms with E-state index in [-0.39, 0.29) is 11.7 Å². The Morgan fingerprint density at radius 1 is 1.45 bits per heavy atom. The maximum absolute atomic E-state index is 12.0. The molecule has 1 aliphatic rings. The number of nitrogens with one attached hydrogen (secondary N) is 2. The second kappa shape index (κ2) is 5.49. The SMILES string of the molecule is Cc1ncc2c(N3CCOCC(=N)C3C)nc(=O)[nH]c2c1C. The van der Waals surface area contributed by atoms with Crippen LogP contribution in [0.15, 0.2) is 11.0 Å². The molecule has 22 heavy (non-hydrogen) atoms. The number of rotatable bonds is 1. The largest absolute Gasteiger partial charge is 0.374 e. The van der Waals surface area contributed by atoms with Crippen molar-refractivity contribution in [3.05, 3.63) is 27.9 Å². The highest BCUT2D eigenvalue weighted by atomic mass is 16.5. The number of anilines is 1. The highest BCUT2D eigenvalue weighted by Crippen LogP contribution is 2.26. The number of hydrogen-bond acceptors (Lipinski definition) is 6. The summed E-state index contributed by atoms with van der Waals surface area (Å²) in [5.41, 5.74) is 2.66. The lowest BCUT2D eigenvalue weighted by Crippen LogP contribution is -2.40. The van der Waals surface area contributed by atoms with Gasteiger partial charge >= 0.3 is 5.69 Å². The fourth-order valence-electron chi connectivity index (χ4n) is 2.68. The van der Waals surface area contributed by atoms with Crippen molar-refractivity contribution in [1.29, 1.82) is 5.41 Å². The Balaban J connectivity index is 2.23. The van der Waals surface area contributed by atoms with Crippen molar-refractivity contribution in [1.82, 2.24) is 15.0 Å². The van der Waals surface area contributed by atoms with Gasteiger partial charge in [-0.3, -0.25) is 4.98 Å². The number of aryl methyl sites for hydroxylation is 2. The number of nitrogens with zero attached hydrogens (tertiary/aromatic N) is 3. The number of ether oxygens (including phenoxy) is 1. The predicted molar refractivity (Wildman–Crippen MR) is 85.0 cm³/mol. The average molecular weight is 301 g/mol. The summed E-state index contributed by atoms with van der Waals surface area (Å²) in [6.07, 6.45) is 1.73. The molecule has 0 amide bonds. The van der Waals surface area contributed by atoms with Gasteiger partial charge in [0, 0.05) is 18.4 Å². The van der Waals surface area contributed by atoms with Crippen LogP contribution in [0.1, 0.15) is 18.2 Å². The van der Waals surface area contributed by atoms with Crippen molar-refractivity contribution < 1.29 is 4.74 Å². The first kappa shape index (κ1) is 14.6. The number of hydrogen-bond donors (Lipinski definition) is 2. The zero-order valence-electron chi connectivity index (χ0n) is 12.9. The smallest absolute Gasteiger partial charge is 0.347 e. The number of fused-ring (bicyclic) bond motifs is 1. The van der Waals surface area contributed by atoms with Gasteiger partial charge in [0.25, 0.3) is 0 Å². The zero-order chi connectivity index (χ0) is 15.9. The van der Waals surface area contributed by atoms with Crippen LogP contribution in [0.3, 0.4) is 0 Å². The fraction of sp³-hybridized carbons (Fsp3) is 0.467. The van der Waals surface area contributed by atoms with Gasteiger partial charge in [-0.05, 0) is 26.3 Å². The van der Waals surface area contributed by atoms with Gasteiger partial charge in [-0.2, -0.15) is 4.98 Å². The fourth-order valence-corrected chi connectivity index (χ4v) is 2.68. The molecule has 2 aromatic rings. The Hall–Kier alpha value is -2.28. The van der Waals surface area contributed by atoms with Gasteiger partial charge in [0.05, 0.1) is 35.9 Å². The van der Waals surface area contributed by atoms with Gasteiger partial charge in [-0.1, -0.05) is 0 Å². The van der Waals surface area contributed by atoms with Crippen molar-refractivity contribution in [2.75, 3.05) is 24.7 Å². The third-order valence-corrected chi connectivity index (χ3v) is 4.23. The molecule has 1 unspecified atom stereocenters. The summed E-state index contributed by atoms with van der Waals surface area (Å²) < 4.78 is 5.42. The van der Waals surface area contributed by atoms with Gasteiger partial charge < -0.3 is 20.0 Å². The van der Waals surface area contributed by atoms with Crippen molar-refractivity contribution in [3.63, 3.8) is 0 Å². The van der Waals surface area contributed by atoms with Crippen LogP contribution in [-0.4, -0.2) is 46.5 Å². The van der Waals surface area contributed by atoms with Crippen molar-refractivity contribution in [3.8, 4) is 0 Å². The van der Waals surface area contributed by atoms with E-state index in [1.54, 1.807) is 6.20 Å². The molecule has 0 saturated carbocycles. The van der Waals surface area contributed by atoms with E-state index in [0.29, 0.717) is 31.3 Å². The lowest BCUT2D eigenvalue weighted by Gasteiger charge is -2.28. The first-order valence-electron chi connectivity index (χ1n) is 7.27. The summed E-state index contributed by atoms with van der Waals surface area (Å²) in [5, 5.41) is 8.85. The van der Waals surface area contributed by atoms with Gasteiger partial charge in [0.1, 0.15) is 5.82 Å². The zero-order valence-corrected chi connectivity index (χ0v) is 12.9. The van der Waals surface area contributed by atoms with E-state index in [1.165, 1.54) is 0 Å². The minimum atomic E-state index is -0.389. The minimum absolute atomic E-state index is 0.165. The van der Waals surface area contributed by atoms with E-state index < -0.39 is 0 Å². The van der Waals surface area contributed by atoms with Gasteiger partial charge in [0.2, 0.25) is 0 Å². The molecular formula is C15H19N5O2. The molecule has 3 rings (SSSR count). The first-order chi connectivity index (χ1) is 10.5. The second-order valence-electron chi connectivity index (χ2n) is 5.57. The van der Waals surface area contributed by atoms with Crippen LogP contribution in [0, 0.1) is 19.3 Å². The number of pyridine rings is 1. The monoisotopic (exact) mass is 301 g/mol. The van der Waals surface area contributed by atoms with Crippen LogP contribution in [0.2, 0.25) is 0 Å². The van der Waals surface area contributed by atoms with Crippen LogP contribution in [-0.2, 0) is 4.74 Å². The molecule has 2 N–H and O–H groups in total. The quantitative estimate of drug-likeness (QED) is 0.824. The van der Waals surface area contributed by atoms with Crippen LogP contribution < -0.4 is 10.6 Å². The summed E-state index contributed by atoms with van der Waals surface area (Å²) in [5.74, 6) is 0.567. The molecule has 7 heteroatoms. The van der Waals surface area contributed by atoms with E-state index in [2.05, 4.69) is 15.0 Å². The minimum Gasteiger partial charge on any atom is -0.374 e. The lowest BCUT2D eigenvalue weighted by atomic mass is 10.1. The summed E-state index contributed by atoms with van der Waals surface area (Å²) in [7, 11) is 0. The Labute approximate surface area is 127 Å². The topological polar surface area (TPSA) is 95.0 Å². The Morgan fingerprint density at radius 2 is 2.23 bits per heavy atom. The molecule has 0 radical (unpaired) electrons. The van der Waals surface area contributed by atoms with Crippen LogP contribution in [0.5, 0.6) is 0 Å². The molecule has 1 saturated heterocycles. The molecule has 1 atom stereocenters. The number of aromatic amines is 1. The van der Waals surface area contributed by atoms with E-state index in [4.69, 9.17) is 10.1 Å². The summed E-state index contributed by atoms with van der Waals surface area (Å²) in [4.78, 5) is 25.3. The molecule has 3 heterocycles. The van der Waals surface area contributed by atoms with Crippen LogP contribution >= 0.6 is 0 Å². The van der Waals surface area contributed by atoms with E-state index in [0.717, 1.165) is 22.2 Å². The molecule has 0 spiro atoms. The van der Waals surface area contributed by atoms with Crippen LogP contribution in [0.25, 0.3) is 10.9 Å². The van der Waals surface area contributed by atoms with E-state index in [9.17, 15) is 4.79 Å². The first-order valence-corrected chi connectivity index (χ1v) is 7.27. The van der Waals surface area contributed by atoms with Gasteiger partial charge in [0.15, 0.2) is 0 Å². The summed E-state index contributed by atoms with van der Waals surface area (Å²) >= 11 is 0. The van der Waals surface area contributed by atoms with E-state index >= 15 is 0 Å². The normalized spacial score (nSPS) is 19.5. The van der Waals surface area contributed by atoms with Crippen molar-refractivity contribution >= 4 is 22.4 Å². The Morgan fingerprint density at radius 3 is 3.00 bits per heavy atom. The number of aromatic nitrogens is 3. The van der Waals surface area contributed by atoms with Gasteiger partial charge in [-0.25, -0.2) is 4.79 Å². The molecule has 2 aromatic heterocycles. The highest BCUT2D eigenvalue weighted by Gasteiger charge is 2.25.